The summed E-state index contributed by atoms with van der Waals surface area (Å²) in [6, 6.07) is 21.4. The van der Waals surface area contributed by atoms with E-state index in [1.54, 1.807) is 21.3 Å². The molecule has 434 valence electrons. The monoisotopic (exact) mass is 1110 g/mol. The van der Waals surface area contributed by atoms with Crippen molar-refractivity contribution in [2.75, 3.05) is 28.4 Å². The van der Waals surface area contributed by atoms with Crippen molar-refractivity contribution in [1.29, 1.82) is 0 Å². The highest BCUT2D eigenvalue weighted by atomic mass is 28.4. The van der Waals surface area contributed by atoms with E-state index in [0.717, 1.165) is 58.9 Å². The number of carbonyl (C=O) groups excluding carboxylic acids is 2. The molecule has 0 radical (unpaired) electrons. The summed E-state index contributed by atoms with van der Waals surface area (Å²) in [6.45, 7) is 24.3. The van der Waals surface area contributed by atoms with Gasteiger partial charge >= 0.3 is 5.97 Å². The number of hydrogen-bond donors (Lipinski definition) is 0. The SMILES string of the molecule is CC[Si](CC)(CC)O[C@H]1CC(=O)O[C@@H]([C@@H](C)OCc2ccc(OC)cc2)C[C@@H]2CCC(=O)[C@@](OC)(O2)C(C)(C)/C=C/[C@H]2C[C@@H](O[Si](CC)(CC)CC)C[C@@H](C[C@]3(OC)O[C@H](C1)C[C@H](OCc1ccc(OC)cc1)C3(C)C)O2. The topological polar surface area (TPSA) is 145 Å². The second kappa shape index (κ2) is 27.6. The summed E-state index contributed by atoms with van der Waals surface area (Å²) < 4.78 is 80.7. The van der Waals surface area contributed by atoms with E-state index in [1.807, 2.05) is 75.4 Å². The van der Waals surface area contributed by atoms with Crippen LogP contribution >= 0.6 is 0 Å². The third-order valence-electron chi connectivity index (χ3n) is 18.3. The van der Waals surface area contributed by atoms with Crippen molar-refractivity contribution in [3.63, 3.8) is 0 Å². The lowest BCUT2D eigenvalue weighted by molar-refractivity contribution is -0.363. The van der Waals surface area contributed by atoms with E-state index in [-0.39, 0.29) is 56.1 Å². The fourth-order valence-electron chi connectivity index (χ4n) is 12.6. The highest BCUT2D eigenvalue weighted by Gasteiger charge is 2.60. The number of ketones is 1. The third-order valence-corrected chi connectivity index (χ3v) is 27.7. The standard InChI is InChI=1S/C61H98O14Si2/c1-16-76(17-2,18-3)74-51-34-48-32-33-58(8,9)61(67-15)55(62)31-30-49(73-61)37-54(43(7)68-41-44-22-26-46(64-12)27-23-44)71-57(63)39-52(75-77(19-4,20-5)21-6)35-50-38-56(69-42-45-24-28-47(65-13)29-25-45)59(10,11)60(66-14,72-50)40-53(36-51)70-48/h22-29,32-33,43,48-54,56H,16-21,30-31,34-42H2,1-15H3/b33-32+/t43-,48+,49+,50-,51-,52-,53+,54-,56+,60+,61-/m1/s1. The molecular weight excluding hydrogens is 1010 g/mol. The van der Waals surface area contributed by atoms with Crippen LogP contribution in [-0.4, -0.2) is 123 Å². The van der Waals surface area contributed by atoms with Crippen LogP contribution in [0.4, 0.5) is 0 Å². The molecule has 4 heterocycles. The summed E-state index contributed by atoms with van der Waals surface area (Å²) in [5, 5.41) is 0. The van der Waals surface area contributed by atoms with E-state index >= 15 is 0 Å². The van der Waals surface area contributed by atoms with Gasteiger partial charge in [0.25, 0.3) is 0 Å². The van der Waals surface area contributed by atoms with Gasteiger partial charge in [-0.25, -0.2) is 0 Å². The molecule has 0 amide bonds. The summed E-state index contributed by atoms with van der Waals surface area (Å²) in [6.07, 6.45) is 3.69. The average molecular weight is 1110 g/mol. The van der Waals surface area contributed by atoms with E-state index in [4.69, 9.17) is 56.2 Å². The molecule has 11 atom stereocenters. The van der Waals surface area contributed by atoms with Crippen molar-refractivity contribution in [2.45, 2.75) is 250 Å². The van der Waals surface area contributed by atoms with E-state index in [0.29, 0.717) is 45.1 Å². The van der Waals surface area contributed by atoms with Crippen LogP contribution in [0.2, 0.25) is 36.3 Å². The highest BCUT2D eigenvalue weighted by molar-refractivity contribution is 6.74. The minimum atomic E-state index is -2.33. The molecule has 0 N–H and O–H groups in total. The Labute approximate surface area is 464 Å². The molecule has 4 aliphatic heterocycles. The van der Waals surface area contributed by atoms with Crippen molar-refractivity contribution in [3.05, 3.63) is 71.8 Å². The molecule has 6 bridgehead atoms. The van der Waals surface area contributed by atoms with Gasteiger partial charge in [0.2, 0.25) is 5.79 Å². The summed E-state index contributed by atoms with van der Waals surface area (Å²) in [7, 11) is 2.16. The Morgan fingerprint density at radius 1 is 0.649 bits per heavy atom. The minimum Gasteiger partial charge on any atom is -0.497 e. The fourth-order valence-corrected chi connectivity index (χ4v) is 18.3. The molecule has 6 rings (SSSR count). The van der Waals surface area contributed by atoms with E-state index in [2.05, 4.69) is 61.5 Å². The first kappa shape index (κ1) is 63.2. The van der Waals surface area contributed by atoms with Gasteiger partial charge in [0, 0.05) is 57.2 Å². The minimum absolute atomic E-state index is 0.00867. The first-order valence-corrected chi connectivity index (χ1v) is 34.1. The van der Waals surface area contributed by atoms with Gasteiger partial charge in [-0.3, -0.25) is 9.59 Å². The molecule has 3 fully saturated rings. The number of ether oxygens (including phenoxy) is 10. The summed E-state index contributed by atoms with van der Waals surface area (Å²) in [5.41, 5.74) is 0.283. The third kappa shape index (κ3) is 14.9. The molecule has 0 unspecified atom stereocenters. The van der Waals surface area contributed by atoms with Crippen LogP contribution in [0.1, 0.15) is 145 Å². The van der Waals surface area contributed by atoms with Crippen LogP contribution in [0.25, 0.3) is 0 Å². The summed E-state index contributed by atoms with van der Waals surface area (Å²) in [4.78, 5) is 29.3. The second-order valence-corrected chi connectivity index (χ2v) is 32.9. The summed E-state index contributed by atoms with van der Waals surface area (Å²) in [5.74, 6) is -1.89. The zero-order valence-corrected chi connectivity index (χ0v) is 51.7. The fraction of sp³-hybridized carbons (Fsp3) is 0.738. The lowest BCUT2D eigenvalue weighted by Gasteiger charge is -2.56. The predicted molar refractivity (Wildman–Crippen MR) is 304 cm³/mol. The zero-order chi connectivity index (χ0) is 56.2. The van der Waals surface area contributed by atoms with Gasteiger partial charge in [-0.05, 0) is 97.8 Å². The average Bonchev–Trinajstić information content (AvgIpc) is 3.46. The Kier molecular flexibility index (Phi) is 22.7. The molecule has 3 saturated heterocycles. The number of esters is 1. The molecule has 0 spiro atoms. The van der Waals surface area contributed by atoms with Gasteiger partial charge < -0.3 is 56.2 Å². The van der Waals surface area contributed by atoms with Crippen LogP contribution in [0.15, 0.2) is 60.7 Å². The number of cyclic esters (lactones) is 1. The van der Waals surface area contributed by atoms with Crippen molar-refractivity contribution in [1.82, 2.24) is 0 Å². The first-order chi connectivity index (χ1) is 36.7. The molecule has 2 aromatic rings. The van der Waals surface area contributed by atoms with Gasteiger partial charge in [-0.15, -0.1) is 0 Å². The maximum atomic E-state index is 14.9. The van der Waals surface area contributed by atoms with Gasteiger partial charge in [-0.1, -0.05) is 106 Å². The van der Waals surface area contributed by atoms with Crippen LogP contribution in [0, 0.1) is 10.8 Å². The van der Waals surface area contributed by atoms with Gasteiger partial charge in [0.05, 0.1) is 82.7 Å². The maximum absolute atomic E-state index is 14.9. The molecule has 2 aromatic carbocycles. The smallest absolute Gasteiger partial charge is 0.308 e. The number of rotatable bonds is 21. The normalized spacial score (nSPS) is 31.2. The predicted octanol–water partition coefficient (Wildman–Crippen LogP) is 12.8. The molecule has 0 saturated carbocycles. The number of carbonyl (C=O) groups is 2. The van der Waals surface area contributed by atoms with Crippen molar-refractivity contribution in [3.8, 4) is 11.5 Å². The quantitative estimate of drug-likeness (QED) is 0.0664. The Bertz CT molecular complexity index is 2160. The van der Waals surface area contributed by atoms with Gasteiger partial charge in [-0.2, -0.15) is 0 Å². The number of benzene rings is 2. The first-order valence-electron chi connectivity index (χ1n) is 29.1. The van der Waals surface area contributed by atoms with Gasteiger partial charge in [0.1, 0.15) is 17.6 Å². The van der Waals surface area contributed by atoms with Crippen molar-refractivity contribution >= 4 is 28.4 Å². The number of hydrogen-bond acceptors (Lipinski definition) is 14. The molecule has 77 heavy (non-hydrogen) atoms. The van der Waals surface area contributed by atoms with Crippen molar-refractivity contribution < 1.29 is 65.8 Å². The van der Waals surface area contributed by atoms with Crippen LogP contribution in [-0.2, 0) is 69.5 Å². The molecular formula is C61H98O14Si2. The largest absolute Gasteiger partial charge is 0.497 e. The Balaban J connectivity index is 1.47. The molecule has 0 aromatic heterocycles. The lowest BCUT2D eigenvalue weighted by atomic mass is 9.70. The summed E-state index contributed by atoms with van der Waals surface area (Å²) >= 11 is 0. The number of methoxy groups -OCH3 is 4. The lowest BCUT2D eigenvalue weighted by Crippen LogP contribution is -2.63. The molecule has 4 aliphatic rings. The molecule has 16 heteroatoms. The zero-order valence-electron chi connectivity index (χ0n) is 49.7. The molecule has 0 aliphatic carbocycles. The number of Topliss-reactive ketones (excluding diaryl/α,β-unsaturated/α-hetero) is 1. The maximum Gasteiger partial charge on any atom is 0.308 e. The van der Waals surface area contributed by atoms with E-state index < -0.39 is 75.5 Å². The van der Waals surface area contributed by atoms with E-state index in [1.165, 1.54) is 7.11 Å². The van der Waals surface area contributed by atoms with Crippen LogP contribution in [0.3, 0.4) is 0 Å². The highest BCUT2D eigenvalue weighted by Crippen LogP contribution is 2.52. The van der Waals surface area contributed by atoms with E-state index in [9.17, 15) is 9.59 Å². The van der Waals surface area contributed by atoms with Crippen LogP contribution in [0.5, 0.6) is 11.5 Å². The number of fused-ring (bicyclic) bond motifs is 6. The second-order valence-electron chi connectivity index (χ2n) is 23.4. The van der Waals surface area contributed by atoms with Crippen LogP contribution < -0.4 is 9.47 Å². The van der Waals surface area contributed by atoms with Gasteiger partial charge in [0.15, 0.2) is 28.2 Å². The Morgan fingerprint density at radius 2 is 1.21 bits per heavy atom. The van der Waals surface area contributed by atoms with Crippen molar-refractivity contribution in [2.24, 2.45) is 10.8 Å². The molecule has 14 nitrogen and oxygen atoms in total. The Hall–Kier alpha value is -3.01. The Morgan fingerprint density at radius 3 is 1.75 bits per heavy atom.